The number of carboxylic acid groups (broad SMARTS) is 1. The number of rotatable bonds is 5. The maximum atomic E-state index is 10.6. The molecule has 0 amide bonds. The summed E-state index contributed by atoms with van der Waals surface area (Å²) in [6.07, 6.45) is 1.88. The molecule has 1 unspecified atom stereocenters. The number of hydrogen-bond donors (Lipinski definition) is 1. The van der Waals surface area contributed by atoms with Gasteiger partial charge < -0.3 is 5.11 Å². The highest BCUT2D eigenvalue weighted by atomic mass is 16.4. The molecular formula is C10H17N3O2. The number of aromatic nitrogens is 2. The van der Waals surface area contributed by atoms with Gasteiger partial charge >= 0.3 is 5.97 Å². The minimum Gasteiger partial charge on any atom is -0.481 e. The molecule has 0 bridgehead atoms. The van der Waals surface area contributed by atoms with Gasteiger partial charge in [0.1, 0.15) is 0 Å². The minimum atomic E-state index is -0.761. The predicted octanol–water partition coefficient (Wildman–Crippen LogP) is 0.573. The normalized spacial score (nSPS) is 13.1. The van der Waals surface area contributed by atoms with E-state index in [-0.39, 0.29) is 5.92 Å². The second-order valence-electron chi connectivity index (χ2n) is 3.92. The van der Waals surface area contributed by atoms with Gasteiger partial charge in [-0.3, -0.25) is 14.4 Å². The third-order valence-corrected chi connectivity index (χ3v) is 2.21. The van der Waals surface area contributed by atoms with Gasteiger partial charge in [-0.25, -0.2) is 0 Å². The van der Waals surface area contributed by atoms with Crippen LogP contribution in [-0.2, 0) is 18.4 Å². The molecule has 84 valence electrons. The summed E-state index contributed by atoms with van der Waals surface area (Å²) >= 11 is 0. The Labute approximate surface area is 89.3 Å². The van der Waals surface area contributed by atoms with E-state index in [9.17, 15) is 4.79 Å². The Kier molecular flexibility index (Phi) is 3.85. The molecule has 0 aliphatic carbocycles. The third kappa shape index (κ3) is 3.71. The lowest BCUT2D eigenvalue weighted by Crippen LogP contribution is -2.28. The van der Waals surface area contributed by atoms with Gasteiger partial charge in [0, 0.05) is 26.3 Å². The van der Waals surface area contributed by atoms with E-state index >= 15 is 0 Å². The van der Waals surface area contributed by atoms with E-state index < -0.39 is 5.97 Å². The van der Waals surface area contributed by atoms with Gasteiger partial charge in [-0.2, -0.15) is 5.10 Å². The van der Waals surface area contributed by atoms with Crippen LogP contribution in [0, 0.1) is 5.92 Å². The van der Waals surface area contributed by atoms with Crippen LogP contribution < -0.4 is 0 Å². The standard InChI is InChI=1S/C10H17N3O2/c1-8(10(14)15)6-12(2)7-9-4-5-13(3)11-9/h4-5,8H,6-7H2,1-3H3,(H,14,15). The molecule has 5 nitrogen and oxygen atoms in total. The minimum absolute atomic E-state index is 0.348. The summed E-state index contributed by atoms with van der Waals surface area (Å²) in [5.41, 5.74) is 0.956. The fraction of sp³-hybridized carbons (Fsp3) is 0.600. The van der Waals surface area contributed by atoms with E-state index in [2.05, 4.69) is 5.10 Å². The summed E-state index contributed by atoms with van der Waals surface area (Å²) in [5, 5.41) is 13.0. The Balaban J connectivity index is 2.42. The summed E-state index contributed by atoms with van der Waals surface area (Å²) in [6.45, 7) is 2.92. The van der Waals surface area contributed by atoms with Crippen molar-refractivity contribution in [3.05, 3.63) is 18.0 Å². The molecule has 0 fully saturated rings. The highest BCUT2D eigenvalue weighted by molar-refractivity contribution is 5.69. The van der Waals surface area contributed by atoms with Crippen molar-refractivity contribution in [2.45, 2.75) is 13.5 Å². The molecule has 1 heterocycles. The molecular weight excluding hydrogens is 194 g/mol. The lowest BCUT2D eigenvalue weighted by molar-refractivity contribution is -0.141. The molecule has 1 rings (SSSR count). The summed E-state index contributed by atoms with van der Waals surface area (Å²) in [6, 6.07) is 1.93. The average Bonchev–Trinajstić information content (AvgIpc) is 2.50. The van der Waals surface area contributed by atoms with E-state index in [0.29, 0.717) is 13.1 Å². The Morgan fingerprint density at radius 3 is 2.87 bits per heavy atom. The Bertz CT molecular complexity index is 335. The van der Waals surface area contributed by atoms with Gasteiger partial charge in [-0.15, -0.1) is 0 Å². The summed E-state index contributed by atoms with van der Waals surface area (Å²) in [5.74, 6) is -1.11. The Morgan fingerprint density at radius 2 is 2.40 bits per heavy atom. The van der Waals surface area contributed by atoms with Crippen LogP contribution >= 0.6 is 0 Å². The monoisotopic (exact) mass is 211 g/mol. The fourth-order valence-electron chi connectivity index (χ4n) is 1.43. The molecule has 0 aliphatic rings. The summed E-state index contributed by atoms with van der Waals surface area (Å²) in [7, 11) is 3.76. The maximum absolute atomic E-state index is 10.6. The van der Waals surface area contributed by atoms with Crippen molar-refractivity contribution in [2.75, 3.05) is 13.6 Å². The van der Waals surface area contributed by atoms with Gasteiger partial charge in [-0.1, -0.05) is 6.92 Å². The molecule has 1 aromatic heterocycles. The lowest BCUT2D eigenvalue weighted by atomic mass is 10.2. The molecule has 0 aromatic carbocycles. The first-order chi connectivity index (χ1) is 6.99. The first-order valence-electron chi connectivity index (χ1n) is 4.89. The largest absolute Gasteiger partial charge is 0.481 e. The molecule has 1 atom stereocenters. The summed E-state index contributed by atoms with van der Waals surface area (Å²) < 4.78 is 1.74. The SMILES string of the molecule is CC(CN(C)Cc1ccn(C)n1)C(=O)O. The highest BCUT2D eigenvalue weighted by Gasteiger charge is 2.14. The van der Waals surface area contributed by atoms with E-state index in [1.54, 1.807) is 11.6 Å². The Morgan fingerprint density at radius 1 is 1.73 bits per heavy atom. The van der Waals surface area contributed by atoms with Gasteiger partial charge in [0.2, 0.25) is 0 Å². The van der Waals surface area contributed by atoms with Gasteiger partial charge in [0.05, 0.1) is 11.6 Å². The second-order valence-corrected chi connectivity index (χ2v) is 3.92. The van der Waals surface area contributed by atoms with Crippen LogP contribution in [0.25, 0.3) is 0 Å². The number of carbonyl (C=O) groups is 1. The van der Waals surface area contributed by atoms with Crippen LogP contribution in [0.1, 0.15) is 12.6 Å². The maximum Gasteiger partial charge on any atom is 0.307 e. The van der Waals surface area contributed by atoms with Crippen LogP contribution in [0.5, 0.6) is 0 Å². The van der Waals surface area contributed by atoms with Gasteiger partial charge in [-0.05, 0) is 13.1 Å². The zero-order valence-electron chi connectivity index (χ0n) is 9.34. The zero-order valence-corrected chi connectivity index (χ0v) is 9.34. The van der Waals surface area contributed by atoms with Crippen molar-refractivity contribution in [3.63, 3.8) is 0 Å². The quantitative estimate of drug-likeness (QED) is 0.773. The Hall–Kier alpha value is -1.36. The highest BCUT2D eigenvalue weighted by Crippen LogP contribution is 2.03. The molecule has 5 heteroatoms. The number of nitrogens with zero attached hydrogens (tertiary/aromatic N) is 3. The topological polar surface area (TPSA) is 58.4 Å². The predicted molar refractivity (Wildman–Crippen MR) is 56.3 cm³/mol. The summed E-state index contributed by atoms with van der Waals surface area (Å²) in [4.78, 5) is 12.6. The van der Waals surface area contributed by atoms with Crippen LogP contribution in [-0.4, -0.2) is 39.3 Å². The van der Waals surface area contributed by atoms with Crippen molar-refractivity contribution in [2.24, 2.45) is 13.0 Å². The molecule has 1 N–H and O–H groups in total. The van der Waals surface area contributed by atoms with Crippen molar-refractivity contribution >= 4 is 5.97 Å². The lowest BCUT2D eigenvalue weighted by Gasteiger charge is -2.17. The van der Waals surface area contributed by atoms with Crippen molar-refractivity contribution in [3.8, 4) is 0 Å². The molecule has 0 radical (unpaired) electrons. The first kappa shape index (κ1) is 11.7. The molecule has 0 saturated heterocycles. The van der Waals surface area contributed by atoms with Crippen molar-refractivity contribution < 1.29 is 9.90 Å². The number of aryl methyl sites for hydroxylation is 1. The van der Waals surface area contributed by atoms with E-state index in [1.165, 1.54) is 0 Å². The average molecular weight is 211 g/mol. The smallest absolute Gasteiger partial charge is 0.307 e. The number of carboxylic acids is 1. The zero-order chi connectivity index (χ0) is 11.4. The number of hydrogen-bond acceptors (Lipinski definition) is 3. The first-order valence-corrected chi connectivity index (χ1v) is 4.89. The van der Waals surface area contributed by atoms with E-state index in [1.807, 2.05) is 31.3 Å². The van der Waals surface area contributed by atoms with Crippen LogP contribution in [0.2, 0.25) is 0 Å². The molecule has 1 aromatic rings. The second kappa shape index (κ2) is 4.93. The fourth-order valence-corrected chi connectivity index (χ4v) is 1.43. The van der Waals surface area contributed by atoms with Crippen LogP contribution in [0.3, 0.4) is 0 Å². The molecule has 15 heavy (non-hydrogen) atoms. The van der Waals surface area contributed by atoms with Gasteiger partial charge in [0.25, 0.3) is 0 Å². The van der Waals surface area contributed by atoms with Gasteiger partial charge in [0.15, 0.2) is 0 Å². The van der Waals surface area contributed by atoms with E-state index in [4.69, 9.17) is 5.11 Å². The van der Waals surface area contributed by atoms with Crippen LogP contribution in [0.4, 0.5) is 0 Å². The molecule has 0 saturated carbocycles. The molecule has 0 aliphatic heterocycles. The van der Waals surface area contributed by atoms with Crippen molar-refractivity contribution in [1.82, 2.24) is 14.7 Å². The van der Waals surface area contributed by atoms with Crippen molar-refractivity contribution in [1.29, 1.82) is 0 Å². The molecule has 0 spiro atoms. The van der Waals surface area contributed by atoms with E-state index in [0.717, 1.165) is 5.69 Å². The number of aliphatic carboxylic acids is 1. The third-order valence-electron chi connectivity index (χ3n) is 2.21. The van der Waals surface area contributed by atoms with Crippen LogP contribution in [0.15, 0.2) is 12.3 Å².